The van der Waals surface area contributed by atoms with Gasteiger partial charge in [0.1, 0.15) is 13.1 Å². The molecule has 8 heteroatoms. The summed E-state index contributed by atoms with van der Waals surface area (Å²) in [4.78, 5) is 45.4. The highest BCUT2D eigenvalue weighted by molar-refractivity contribution is 6.02. The summed E-state index contributed by atoms with van der Waals surface area (Å²) in [6, 6.07) is -0.495. The first-order chi connectivity index (χ1) is 8.88. The fourth-order valence-electron chi connectivity index (χ4n) is 1.63. The summed E-state index contributed by atoms with van der Waals surface area (Å²) in [6.07, 6.45) is 0.497. The number of aliphatic carboxylic acids is 1. The molecule has 0 aromatic carbocycles. The van der Waals surface area contributed by atoms with Crippen LogP contribution in [0.1, 0.15) is 19.8 Å². The van der Waals surface area contributed by atoms with Crippen molar-refractivity contribution in [3.8, 4) is 0 Å². The molecule has 8 nitrogen and oxygen atoms in total. The van der Waals surface area contributed by atoms with Gasteiger partial charge in [0.05, 0.1) is 0 Å². The maximum Gasteiger partial charge on any atom is 0.318 e. The Labute approximate surface area is 110 Å². The van der Waals surface area contributed by atoms with Crippen LogP contribution in [0, 0.1) is 5.92 Å². The van der Waals surface area contributed by atoms with Crippen molar-refractivity contribution in [2.45, 2.75) is 19.8 Å². The van der Waals surface area contributed by atoms with E-state index in [1.165, 1.54) is 0 Å². The Morgan fingerprint density at radius 2 is 1.95 bits per heavy atom. The quantitative estimate of drug-likeness (QED) is 0.563. The number of rotatable bonds is 5. The zero-order chi connectivity index (χ0) is 14.4. The van der Waals surface area contributed by atoms with Crippen LogP contribution >= 0.6 is 0 Å². The first-order valence-corrected chi connectivity index (χ1v) is 5.95. The van der Waals surface area contributed by atoms with Gasteiger partial charge >= 0.3 is 12.0 Å². The van der Waals surface area contributed by atoms with E-state index in [0.29, 0.717) is 13.0 Å². The third-order valence-electron chi connectivity index (χ3n) is 2.69. The van der Waals surface area contributed by atoms with E-state index in [2.05, 4.69) is 10.6 Å². The minimum atomic E-state index is -0.878. The summed E-state index contributed by atoms with van der Waals surface area (Å²) in [6.45, 7) is 1.82. The van der Waals surface area contributed by atoms with E-state index in [0.717, 1.165) is 4.90 Å². The monoisotopic (exact) mass is 271 g/mol. The SMILES string of the molecule is CC(CCC(=O)O)CNC(=O)N1CC(=O)NC(=O)C1. The van der Waals surface area contributed by atoms with Crippen molar-refractivity contribution in [3.05, 3.63) is 0 Å². The second-order valence-electron chi connectivity index (χ2n) is 4.55. The molecule has 0 aromatic rings. The molecule has 1 fully saturated rings. The molecule has 0 spiro atoms. The molecule has 1 saturated heterocycles. The van der Waals surface area contributed by atoms with Gasteiger partial charge in [-0.05, 0) is 12.3 Å². The predicted octanol–water partition coefficient (Wildman–Crippen LogP) is -0.845. The largest absolute Gasteiger partial charge is 0.481 e. The summed E-state index contributed by atoms with van der Waals surface area (Å²) in [7, 11) is 0. The standard InChI is InChI=1S/C11H17N3O5/c1-7(2-3-10(17)18)4-12-11(19)14-5-8(15)13-9(16)6-14/h7H,2-6H2,1H3,(H,12,19)(H,17,18)(H,13,15,16). The minimum absolute atomic E-state index is 0.00867. The molecule has 3 N–H and O–H groups in total. The van der Waals surface area contributed by atoms with E-state index in [1.54, 1.807) is 0 Å². The van der Waals surface area contributed by atoms with Crippen LogP contribution in [-0.2, 0) is 14.4 Å². The molecule has 0 saturated carbocycles. The molecule has 0 bridgehead atoms. The number of piperazine rings is 1. The van der Waals surface area contributed by atoms with Crippen molar-refractivity contribution in [3.63, 3.8) is 0 Å². The first-order valence-electron chi connectivity index (χ1n) is 5.95. The molecule has 1 aliphatic heterocycles. The maximum absolute atomic E-state index is 11.7. The van der Waals surface area contributed by atoms with Crippen molar-refractivity contribution >= 4 is 23.8 Å². The zero-order valence-corrected chi connectivity index (χ0v) is 10.6. The number of nitrogens with one attached hydrogen (secondary N) is 2. The van der Waals surface area contributed by atoms with Gasteiger partial charge < -0.3 is 15.3 Å². The van der Waals surface area contributed by atoms with Gasteiger partial charge in [0.15, 0.2) is 0 Å². The molecule has 1 aliphatic rings. The smallest absolute Gasteiger partial charge is 0.318 e. The van der Waals surface area contributed by atoms with Gasteiger partial charge in [0.25, 0.3) is 0 Å². The Bertz CT molecular complexity index is 380. The highest BCUT2D eigenvalue weighted by atomic mass is 16.4. The van der Waals surface area contributed by atoms with Crippen LogP contribution < -0.4 is 10.6 Å². The predicted molar refractivity (Wildman–Crippen MR) is 64.2 cm³/mol. The Balaban J connectivity index is 2.32. The van der Waals surface area contributed by atoms with Gasteiger partial charge in [-0.15, -0.1) is 0 Å². The molecule has 0 aromatic heterocycles. The number of amides is 4. The van der Waals surface area contributed by atoms with Crippen LogP contribution in [0.25, 0.3) is 0 Å². The van der Waals surface area contributed by atoms with Gasteiger partial charge in [0, 0.05) is 13.0 Å². The lowest BCUT2D eigenvalue weighted by Crippen LogP contribution is -2.56. The van der Waals surface area contributed by atoms with Gasteiger partial charge in [0.2, 0.25) is 11.8 Å². The zero-order valence-electron chi connectivity index (χ0n) is 10.6. The number of hydrogen-bond acceptors (Lipinski definition) is 4. The van der Waals surface area contributed by atoms with Crippen LogP contribution in [0.4, 0.5) is 4.79 Å². The molecule has 0 aliphatic carbocycles. The number of carbonyl (C=O) groups is 4. The molecule has 19 heavy (non-hydrogen) atoms. The summed E-state index contributed by atoms with van der Waals surface area (Å²) in [5.74, 6) is -1.89. The molecule has 1 heterocycles. The van der Waals surface area contributed by atoms with Crippen molar-refractivity contribution in [1.29, 1.82) is 0 Å². The Morgan fingerprint density at radius 3 is 2.47 bits per heavy atom. The number of hydrogen-bond donors (Lipinski definition) is 3. The van der Waals surface area contributed by atoms with Crippen molar-refractivity contribution < 1.29 is 24.3 Å². The van der Waals surface area contributed by atoms with E-state index in [9.17, 15) is 19.2 Å². The molecular weight excluding hydrogens is 254 g/mol. The maximum atomic E-state index is 11.7. The van der Waals surface area contributed by atoms with E-state index in [4.69, 9.17) is 5.11 Å². The van der Waals surface area contributed by atoms with Gasteiger partial charge in [-0.2, -0.15) is 0 Å². The number of carbonyl (C=O) groups excluding carboxylic acids is 3. The van der Waals surface area contributed by atoms with Crippen LogP contribution in [-0.4, -0.2) is 53.5 Å². The highest BCUT2D eigenvalue weighted by Crippen LogP contribution is 2.04. The van der Waals surface area contributed by atoms with Crippen LogP contribution in [0.15, 0.2) is 0 Å². The molecular formula is C11H17N3O5. The average Bonchev–Trinajstić information content (AvgIpc) is 2.32. The summed E-state index contributed by atoms with van der Waals surface area (Å²) >= 11 is 0. The molecule has 4 amide bonds. The summed E-state index contributed by atoms with van der Waals surface area (Å²) < 4.78 is 0. The lowest BCUT2D eigenvalue weighted by atomic mass is 10.1. The fraction of sp³-hybridized carbons (Fsp3) is 0.636. The minimum Gasteiger partial charge on any atom is -0.481 e. The van der Waals surface area contributed by atoms with E-state index in [-0.39, 0.29) is 25.4 Å². The van der Waals surface area contributed by atoms with Gasteiger partial charge in [-0.1, -0.05) is 6.92 Å². The third-order valence-corrected chi connectivity index (χ3v) is 2.69. The molecule has 1 unspecified atom stereocenters. The number of carboxylic acid groups (broad SMARTS) is 1. The molecule has 0 radical (unpaired) electrons. The third kappa shape index (κ3) is 5.36. The second-order valence-corrected chi connectivity index (χ2v) is 4.55. The second kappa shape index (κ2) is 6.72. The van der Waals surface area contributed by atoms with E-state index in [1.807, 2.05) is 6.92 Å². The van der Waals surface area contributed by atoms with Crippen molar-refractivity contribution in [1.82, 2.24) is 15.5 Å². The lowest BCUT2D eigenvalue weighted by molar-refractivity contribution is -0.137. The summed E-state index contributed by atoms with van der Waals surface area (Å²) in [5, 5.41) is 13.2. The van der Waals surface area contributed by atoms with E-state index >= 15 is 0 Å². The Kier molecular flexibility index (Phi) is 5.28. The number of nitrogens with zero attached hydrogens (tertiary/aromatic N) is 1. The van der Waals surface area contributed by atoms with Crippen molar-refractivity contribution in [2.75, 3.05) is 19.6 Å². The summed E-state index contributed by atoms with van der Waals surface area (Å²) in [5.41, 5.74) is 0. The fourth-order valence-corrected chi connectivity index (χ4v) is 1.63. The Morgan fingerprint density at radius 1 is 1.37 bits per heavy atom. The molecule has 1 atom stereocenters. The van der Waals surface area contributed by atoms with Gasteiger partial charge in [-0.3, -0.25) is 19.7 Å². The lowest BCUT2D eigenvalue weighted by Gasteiger charge is -2.26. The highest BCUT2D eigenvalue weighted by Gasteiger charge is 2.26. The number of urea groups is 1. The number of imide groups is 1. The topological polar surface area (TPSA) is 116 Å². The van der Waals surface area contributed by atoms with Crippen LogP contribution in [0.2, 0.25) is 0 Å². The number of carboxylic acids is 1. The van der Waals surface area contributed by atoms with Crippen LogP contribution in [0.5, 0.6) is 0 Å². The van der Waals surface area contributed by atoms with Crippen LogP contribution in [0.3, 0.4) is 0 Å². The molecule has 106 valence electrons. The molecule has 1 rings (SSSR count). The van der Waals surface area contributed by atoms with E-state index < -0.39 is 23.8 Å². The van der Waals surface area contributed by atoms with Crippen molar-refractivity contribution in [2.24, 2.45) is 5.92 Å². The Hall–Kier alpha value is -2.12. The average molecular weight is 271 g/mol. The first kappa shape index (κ1) is 14.9. The van der Waals surface area contributed by atoms with Gasteiger partial charge in [-0.25, -0.2) is 4.79 Å². The normalized spacial score (nSPS) is 16.8.